The van der Waals surface area contributed by atoms with E-state index in [0.29, 0.717) is 18.0 Å². The first-order chi connectivity index (χ1) is 8.56. The van der Waals surface area contributed by atoms with Gasteiger partial charge in [-0.05, 0) is 58.7 Å². The van der Waals surface area contributed by atoms with Crippen LogP contribution in [0, 0.1) is 0 Å². The number of rotatable bonds is 7. The van der Waals surface area contributed by atoms with Crippen LogP contribution < -0.4 is 5.73 Å². The SMILES string of the molecule is CC(C)N(CC[C@H](CN)c1ccccc1)C(C)C. The summed E-state index contributed by atoms with van der Waals surface area (Å²) >= 11 is 0. The molecular formula is C16H28N2. The fourth-order valence-electron chi connectivity index (χ4n) is 2.56. The zero-order chi connectivity index (χ0) is 13.5. The quantitative estimate of drug-likeness (QED) is 0.802. The van der Waals surface area contributed by atoms with Gasteiger partial charge < -0.3 is 5.73 Å². The zero-order valence-corrected chi connectivity index (χ0v) is 12.3. The summed E-state index contributed by atoms with van der Waals surface area (Å²) in [5.41, 5.74) is 7.29. The second-order valence-electron chi connectivity index (χ2n) is 5.56. The maximum absolute atomic E-state index is 5.92. The number of benzene rings is 1. The molecule has 1 rings (SSSR count). The molecule has 1 aromatic rings. The van der Waals surface area contributed by atoms with Gasteiger partial charge in [-0.2, -0.15) is 0 Å². The summed E-state index contributed by atoms with van der Waals surface area (Å²) in [7, 11) is 0. The van der Waals surface area contributed by atoms with Crippen LogP contribution in [0.4, 0.5) is 0 Å². The number of hydrogen-bond donors (Lipinski definition) is 1. The average molecular weight is 248 g/mol. The van der Waals surface area contributed by atoms with Crippen molar-refractivity contribution in [1.29, 1.82) is 0 Å². The zero-order valence-electron chi connectivity index (χ0n) is 12.3. The van der Waals surface area contributed by atoms with Gasteiger partial charge in [0, 0.05) is 12.1 Å². The minimum Gasteiger partial charge on any atom is -0.330 e. The summed E-state index contributed by atoms with van der Waals surface area (Å²) < 4.78 is 0. The van der Waals surface area contributed by atoms with Crippen molar-refractivity contribution in [3.63, 3.8) is 0 Å². The van der Waals surface area contributed by atoms with E-state index < -0.39 is 0 Å². The van der Waals surface area contributed by atoms with E-state index in [0.717, 1.165) is 19.5 Å². The standard InChI is InChI=1S/C16H28N2/c1-13(2)18(14(3)4)11-10-16(12-17)15-8-6-5-7-9-15/h5-9,13-14,16H,10-12,17H2,1-4H3/t16-/m1/s1. The minimum absolute atomic E-state index is 0.478. The summed E-state index contributed by atoms with van der Waals surface area (Å²) in [6.45, 7) is 10.9. The van der Waals surface area contributed by atoms with Gasteiger partial charge in [0.1, 0.15) is 0 Å². The number of hydrogen-bond acceptors (Lipinski definition) is 2. The Morgan fingerprint density at radius 3 is 2.00 bits per heavy atom. The van der Waals surface area contributed by atoms with Crippen molar-refractivity contribution in [2.24, 2.45) is 5.73 Å². The molecular weight excluding hydrogens is 220 g/mol. The first kappa shape index (κ1) is 15.2. The monoisotopic (exact) mass is 248 g/mol. The van der Waals surface area contributed by atoms with E-state index in [1.165, 1.54) is 5.56 Å². The first-order valence-electron chi connectivity index (χ1n) is 7.07. The highest BCUT2D eigenvalue weighted by molar-refractivity contribution is 5.19. The molecule has 0 saturated carbocycles. The molecule has 0 spiro atoms. The topological polar surface area (TPSA) is 29.3 Å². The molecule has 0 saturated heterocycles. The Kier molecular flexibility index (Phi) is 6.37. The molecule has 0 heterocycles. The molecule has 2 heteroatoms. The van der Waals surface area contributed by atoms with Gasteiger partial charge in [-0.15, -0.1) is 0 Å². The average Bonchev–Trinajstić information content (AvgIpc) is 2.34. The molecule has 2 nitrogen and oxygen atoms in total. The summed E-state index contributed by atoms with van der Waals surface area (Å²) in [4.78, 5) is 2.53. The Balaban J connectivity index is 2.59. The van der Waals surface area contributed by atoms with Gasteiger partial charge in [-0.25, -0.2) is 0 Å². The molecule has 0 radical (unpaired) electrons. The van der Waals surface area contributed by atoms with Crippen molar-refractivity contribution < 1.29 is 0 Å². The molecule has 2 N–H and O–H groups in total. The molecule has 1 atom stereocenters. The Hall–Kier alpha value is -0.860. The predicted octanol–water partition coefficient (Wildman–Crippen LogP) is 3.24. The summed E-state index contributed by atoms with van der Waals surface area (Å²) in [6, 6.07) is 11.8. The molecule has 1 aromatic carbocycles. The smallest absolute Gasteiger partial charge is 0.00412 e. The maximum atomic E-state index is 5.92. The highest BCUT2D eigenvalue weighted by Gasteiger charge is 2.16. The highest BCUT2D eigenvalue weighted by Crippen LogP contribution is 2.19. The lowest BCUT2D eigenvalue weighted by Crippen LogP contribution is -2.38. The Morgan fingerprint density at radius 1 is 1.00 bits per heavy atom. The molecule has 0 aliphatic carbocycles. The van der Waals surface area contributed by atoms with E-state index in [-0.39, 0.29) is 0 Å². The third-order valence-corrected chi connectivity index (χ3v) is 3.62. The van der Waals surface area contributed by atoms with Crippen LogP contribution in [0.2, 0.25) is 0 Å². The van der Waals surface area contributed by atoms with Crippen LogP contribution in [0.1, 0.15) is 45.6 Å². The van der Waals surface area contributed by atoms with Crippen LogP contribution in [-0.4, -0.2) is 30.1 Å². The summed E-state index contributed by atoms with van der Waals surface area (Å²) in [6.07, 6.45) is 1.14. The van der Waals surface area contributed by atoms with Gasteiger partial charge in [-0.3, -0.25) is 4.90 Å². The van der Waals surface area contributed by atoms with Crippen LogP contribution >= 0.6 is 0 Å². The lowest BCUT2D eigenvalue weighted by molar-refractivity contribution is 0.169. The lowest BCUT2D eigenvalue weighted by Gasteiger charge is -2.31. The van der Waals surface area contributed by atoms with E-state index in [1.807, 2.05) is 0 Å². The highest BCUT2D eigenvalue weighted by atomic mass is 15.2. The normalized spacial score (nSPS) is 13.6. The lowest BCUT2D eigenvalue weighted by atomic mass is 9.95. The van der Waals surface area contributed by atoms with Crippen molar-refractivity contribution in [3.05, 3.63) is 35.9 Å². The number of nitrogens with zero attached hydrogens (tertiary/aromatic N) is 1. The predicted molar refractivity (Wildman–Crippen MR) is 79.8 cm³/mol. The minimum atomic E-state index is 0.478. The van der Waals surface area contributed by atoms with Crippen molar-refractivity contribution in [1.82, 2.24) is 4.90 Å². The van der Waals surface area contributed by atoms with Gasteiger partial charge in [0.15, 0.2) is 0 Å². The Morgan fingerprint density at radius 2 is 1.56 bits per heavy atom. The van der Waals surface area contributed by atoms with Gasteiger partial charge >= 0.3 is 0 Å². The third kappa shape index (κ3) is 4.43. The molecule has 0 bridgehead atoms. The maximum Gasteiger partial charge on any atom is 0.00412 e. The van der Waals surface area contributed by atoms with Crippen molar-refractivity contribution >= 4 is 0 Å². The van der Waals surface area contributed by atoms with Crippen molar-refractivity contribution in [2.75, 3.05) is 13.1 Å². The second kappa shape index (κ2) is 7.55. The van der Waals surface area contributed by atoms with Crippen molar-refractivity contribution in [2.45, 2.75) is 52.1 Å². The second-order valence-corrected chi connectivity index (χ2v) is 5.56. The fraction of sp³-hybridized carbons (Fsp3) is 0.625. The number of nitrogens with two attached hydrogens (primary N) is 1. The summed E-state index contributed by atoms with van der Waals surface area (Å²) in [5.74, 6) is 0.478. The van der Waals surface area contributed by atoms with E-state index >= 15 is 0 Å². The van der Waals surface area contributed by atoms with Crippen LogP contribution in [0.25, 0.3) is 0 Å². The molecule has 102 valence electrons. The van der Waals surface area contributed by atoms with Crippen LogP contribution in [0.3, 0.4) is 0 Å². The molecule has 0 amide bonds. The third-order valence-electron chi connectivity index (χ3n) is 3.62. The molecule has 0 fully saturated rings. The molecule has 18 heavy (non-hydrogen) atoms. The Bertz CT molecular complexity index is 311. The molecule has 0 unspecified atom stereocenters. The van der Waals surface area contributed by atoms with Gasteiger partial charge in [0.05, 0.1) is 0 Å². The van der Waals surface area contributed by atoms with E-state index in [9.17, 15) is 0 Å². The van der Waals surface area contributed by atoms with Gasteiger partial charge in [0.2, 0.25) is 0 Å². The van der Waals surface area contributed by atoms with E-state index in [1.54, 1.807) is 0 Å². The molecule has 0 aliphatic heterocycles. The first-order valence-corrected chi connectivity index (χ1v) is 7.07. The van der Waals surface area contributed by atoms with Crippen molar-refractivity contribution in [3.8, 4) is 0 Å². The van der Waals surface area contributed by atoms with E-state index in [2.05, 4.69) is 62.9 Å². The Labute approximate surface area is 112 Å². The largest absolute Gasteiger partial charge is 0.330 e. The van der Waals surface area contributed by atoms with Crippen LogP contribution in [-0.2, 0) is 0 Å². The molecule has 0 aromatic heterocycles. The fourth-order valence-corrected chi connectivity index (χ4v) is 2.56. The summed E-state index contributed by atoms with van der Waals surface area (Å²) in [5, 5.41) is 0. The van der Waals surface area contributed by atoms with Crippen LogP contribution in [0.5, 0.6) is 0 Å². The molecule has 0 aliphatic rings. The van der Waals surface area contributed by atoms with Gasteiger partial charge in [-0.1, -0.05) is 30.3 Å². The van der Waals surface area contributed by atoms with E-state index in [4.69, 9.17) is 5.73 Å². The van der Waals surface area contributed by atoms with Gasteiger partial charge in [0.25, 0.3) is 0 Å². The van der Waals surface area contributed by atoms with Crippen LogP contribution in [0.15, 0.2) is 30.3 Å².